The summed E-state index contributed by atoms with van der Waals surface area (Å²) in [6.07, 6.45) is 1.76. The van der Waals surface area contributed by atoms with E-state index in [2.05, 4.69) is 20.3 Å². The van der Waals surface area contributed by atoms with Crippen molar-refractivity contribution in [1.82, 2.24) is 14.9 Å². The summed E-state index contributed by atoms with van der Waals surface area (Å²) in [6.45, 7) is 1.49. The first-order chi connectivity index (χ1) is 9.15. The number of fused-ring (bicyclic) bond motifs is 1. The van der Waals surface area contributed by atoms with Crippen LogP contribution in [0.3, 0.4) is 0 Å². The number of hydrogen-bond donors (Lipinski definition) is 2. The average Bonchev–Trinajstić information content (AvgIpc) is 2.38. The third-order valence-electron chi connectivity index (χ3n) is 2.56. The van der Waals surface area contributed by atoms with Gasteiger partial charge in [-0.2, -0.15) is 0 Å². The number of benzene rings is 1. The minimum atomic E-state index is 0.331. The van der Waals surface area contributed by atoms with Gasteiger partial charge in [-0.25, -0.2) is 9.97 Å². The van der Waals surface area contributed by atoms with E-state index in [1.807, 2.05) is 43.3 Å². The fraction of sp³-hybridized carbons (Fsp3) is 0.308. The van der Waals surface area contributed by atoms with Gasteiger partial charge in [0.2, 0.25) is 5.95 Å². The van der Waals surface area contributed by atoms with Crippen molar-refractivity contribution in [3.05, 3.63) is 30.5 Å². The Morgan fingerprint density at radius 3 is 2.95 bits per heavy atom. The van der Waals surface area contributed by atoms with Crippen LogP contribution in [0, 0.1) is 0 Å². The number of guanidine groups is 1. The van der Waals surface area contributed by atoms with Crippen molar-refractivity contribution in [2.24, 2.45) is 10.7 Å². The van der Waals surface area contributed by atoms with Crippen LogP contribution in [0.5, 0.6) is 0 Å². The second-order valence-corrected chi connectivity index (χ2v) is 4.45. The van der Waals surface area contributed by atoms with Gasteiger partial charge in [0, 0.05) is 18.1 Å². The lowest BCUT2D eigenvalue weighted by Gasteiger charge is -2.08. The maximum absolute atomic E-state index is 5.78. The fourth-order valence-electron chi connectivity index (χ4n) is 1.56. The Morgan fingerprint density at radius 2 is 2.16 bits per heavy atom. The molecule has 3 N–H and O–H groups in total. The number of anilines is 1. The van der Waals surface area contributed by atoms with Crippen molar-refractivity contribution in [2.75, 3.05) is 32.5 Å². The van der Waals surface area contributed by atoms with E-state index < -0.39 is 0 Å². The number of rotatable bonds is 4. The van der Waals surface area contributed by atoms with Crippen LogP contribution in [-0.2, 0) is 0 Å². The van der Waals surface area contributed by atoms with Crippen molar-refractivity contribution in [3.8, 4) is 0 Å². The number of nitrogens with zero attached hydrogens (tertiary/aromatic N) is 4. The van der Waals surface area contributed by atoms with E-state index in [1.165, 1.54) is 0 Å². The van der Waals surface area contributed by atoms with Gasteiger partial charge in [-0.15, -0.1) is 0 Å². The Kier molecular flexibility index (Phi) is 4.25. The number of nitrogens with two attached hydrogens (primary N) is 1. The molecule has 0 saturated heterocycles. The molecule has 0 saturated carbocycles. The number of para-hydroxylation sites is 1. The molecule has 6 heteroatoms. The maximum atomic E-state index is 5.78. The highest BCUT2D eigenvalue weighted by atomic mass is 15.2. The minimum Gasteiger partial charge on any atom is -0.370 e. The smallest absolute Gasteiger partial charge is 0.230 e. The lowest BCUT2D eigenvalue weighted by molar-refractivity contribution is 0.420. The zero-order chi connectivity index (χ0) is 13.7. The molecule has 0 aliphatic heterocycles. The topological polar surface area (TPSA) is 79.4 Å². The van der Waals surface area contributed by atoms with Crippen LogP contribution >= 0.6 is 0 Å². The van der Waals surface area contributed by atoms with Crippen molar-refractivity contribution in [3.63, 3.8) is 0 Å². The van der Waals surface area contributed by atoms with Gasteiger partial charge in [-0.3, -0.25) is 10.3 Å². The molecule has 1 aromatic carbocycles. The summed E-state index contributed by atoms with van der Waals surface area (Å²) in [5.41, 5.74) is 6.65. The monoisotopic (exact) mass is 258 g/mol. The Balaban J connectivity index is 2.04. The summed E-state index contributed by atoms with van der Waals surface area (Å²) >= 11 is 0. The first-order valence-electron chi connectivity index (χ1n) is 6.08. The average molecular weight is 258 g/mol. The minimum absolute atomic E-state index is 0.331. The molecule has 0 spiro atoms. The second-order valence-electron chi connectivity index (χ2n) is 4.45. The summed E-state index contributed by atoms with van der Waals surface area (Å²) in [4.78, 5) is 14.8. The highest BCUT2D eigenvalue weighted by Gasteiger charge is 2.00. The van der Waals surface area contributed by atoms with E-state index >= 15 is 0 Å². The zero-order valence-corrected chi connectivity index (χ0v) is 11.2. The third kappa shape index (κ3) is 3.89. The Morgan fingerprint density at radius 1 is 1.37 bits per heavy atom. The van der Waals surface area contributed by atoms with Crippen LogP contribution in [-0.4, -0.2) is 48.0 Å². The molecule has 0 bridgehead atoms. The molecule has 0 fully saturated rings. The molecule has 0 atom stereocenters. The number of aromatic nitrogens is 2. The van der Waals surface area contributed by atoms with Gasteiger partial charge in [0.05, 0.1) is 12.1 Å². The molecular weight excluding hydrogens is 240 g/mol. The van der Waals surface area contributed by atoms with Crippen molar-refractivity contribution >= 4 is 22.8 Å². The normalized spacial score (nSPS) is 12.1. The van der Waals surface area contributed by atoms with E-state index in [-0.39, 0.29) is 0 Å². The van der Waals surface area contributed by atoms with E-state index in [0.717, 1.165) is 17.4 Å². The Labute approximate surface area is 112 Å². The molecule has 19 heavy (non-hydrogen) atoms. The number of aliphatic imine (C=N–C) groups is 1. The summed E-state index contributed by atoms with van der Waals surface area (Å²) < 4.78 is 0. The van der Waals surface area contributed by atoms with Crippen molar-refractivity contribution in [1.29, 1.82) is 0 Å². The van der Waals surface area contributed by atoms with Gasteiger partial charge >= 0.3 is 0 Å². The van der Waals surface area contributed by atoms with Gasteiger partial charge in [0.25, 0.3) is 0 Å². The standard InChI is InChI=1S/C13H18N6/c1-19(2)8-7-15-12(14)18-13-16-9-10-5-3-4-6-11(10)17-13/h3-6,9H,7-8H2,1-2H3,(H3,14,15,16,17,18). The Hall–Kier alpha value is -2.21. The lowest BCUT2D eigenvalue weighted by atomic mass is 10.2. The predicted molar refractivity (Wildman–Crippen MR) is 78.2 cm³/mol. The quantitative estimate of drug-likeness (QED) is 0.629. The van der Waals surface area contributed by atoms with Gasteiger partial charge in [-0.1, -0.05) is 18.2 Å². The van der Waals surface area contributed by atoms with Crippen LogP contribution in [0.4, 0.5) is 5.95 Å². The molecule has 1 aromatic heterocycles. The largest absolute Gasteiger partial charge is 0.370 e. The van der Waals surface area contributed by atoms with E-state index in [4.69, 9.17) is 5.73 Å². The molecule has 0 aliphatic rings. The summed E-state index contributed by atoms with van der Waals surface area (Å²) in [5.74, 6) is 0.793. The van der Waals surface area contributed by atoms with Crippen LogP contribution in [0.1, 0.15) is 0 Å². The maximum Gasteiger partial charge on any atom is 0.230 e. The third-order valence-corrected chi connectivity index (χ3v) is 2.56. The molecule has 100 valence electrons. The summed E-state index contributed by atoms with van der Waals surface area (Å²) in [5, 5.41) is 3.89. The second kappa shape index (κ2) is 6.10. The SMILES string of the molecule is CN(C)CCN=C(N)Nc1ncc2ccccc2n1. The molecule has 2 rings (SSSR count). The highest BCUT2D eigenvalue weighted by Crippen LogP contribution is 2.11. The predicted octanol–water partition coefficient (Wildman–Crippen LogP) is 0.918. The van der Waals surface area contributed by atoms with E-state index in [9.17, 15) is 0 Å². The first kappa shape index (κ1) is 13.2. The van der Waals surface area contributed by atoms with Gasteiger partial charge in [-0.05, 0) is 20.2 Å². The van der Waals surface area contributed by atoms with E-state index in [0.29, 0.717) is 18.5 Å². The summed E-state index contributed by atoms with van der Waals surface area (Å²) in [7, 11) is 3.98. The zero-order valence-electron chi connectivity index (χ0n) is 11.2. The van der Waals surface area contributed by atoms with Crippen LogP contribution in [0.2, 0.25) is 0 Å². The van der Waals surface area contributed by atoms with Crippen LogP contribution in [0.15, 0.2) is 35.5 Å². The Bertz CT molecular complexity index is 578. The molecule has 0 radical (unpaired) electrons. The number of hydrogen-bond acceptors (Lipinski definition) is 4. The molecule has 2 aromatic rings. The molecule has 0 amide bonds. The van der Waals surface area contributed by atoms with Crippen molar-refractivity contribution < 1.29 is 0 Å². The molecule has 0 unspecified atom stereocenters. The molecular formula is C13H18N6. The van der Waals surface area contributed by atoms with Crippen LogP contribution in [0.25, 0.3) is 10.9 Å². The number of likely N-dealkylation sites (N-methyl/N-ethyl adjacent to an activating group) is 1. The van der Waals surface area contributed by atoms with Crippen LogP contribution < -0.4 is 11.1 Å². The van der Waals surface area contributed by atoms with Gasteiger partial charge in [0.1, 0.15) is 0 Å². The number of nitrogens with one attached hydrogen (secondary N) is 1. The highest BCUT2D eigenvalue weighted by molar-refractivity contribution is 5.91. The van der Waals surface area contributed by atoms with Gasteiger partial charge in [0.15, 0.2) is 5.96 Å². The molecule has 6 nitrogen and oxygen atoms in total. The molecule has 0 aliphatic carbocycles. The molecule has 1 heterocycles. The lowest BCUT2D eigenvalue weighted by Crippen LogP contribution is -2.25. The summed E-state index contributed by atoms with van der Waals surface area (Å²) in [6, 6.07) is 7.79. The van der Waals surface area contributed by atoms with Crippen molar-refractivity contribution in [2.45, 2.75) is 0 Å². The fourth-order valence-corrected chi connectivity index (χ4v) is 1.56. The van der Waals surface area contributed by atoms with E-state index in [1.54, 1.807) is 6.20 Å². The van der Waals surface area contributed by atoms with Gasteiger partial charge < -0.3 is 10.6 Å². The first-order valence-corrected chi connectivity index (χ1v) is 6.08.